The molecule has 0 aliphatic carbocycles. The molecule has 3 rings (SSSR count). The van der Waals surface area contributed by atoms with Crippen molar-refractivity contribution in [2.24, 2.45) is 0 Å². The monoisotopic (exact) mass is 393 g/mol. The number of hydrogen-bond acceptors (Lipinski definition) is 4. The Labute approximate surface area is 157 Å². The largest absolute Gasteiger partial charge is 0.493 e. The molecule has 1 aliphatic heterocycles. The van der Waals surface area contributed by atoms with Crippen LogP contribution in [-0.4, -0.2) is 30.7 Å². The molecule has 0 aromatic heterocycles. The van der Waals surface area contributed by atoms with Gasteiger partial charge in [-0.25, -0.2) is 4.79 Å². The summed E-state index contributed by atoms with van der Waals surface area (Å²) in [6.07, 6.45) is -3.01. The number of benzene rings is 2. The normalized spacial score (nSPS) is 14.6. The Balaban J connectivity index is 1.94. The zero-order valence-corrected chi connectivity index (χ0v) is 14.5. The molecule has 2 aromatic rings. The van der Waals surface area contributed by atoms with Crippen LogP contribution in [0.2, 0.25) is 0 Å². The van der Waals surface area contributed by atoms with Crippen molar-refractivity contribution in [2.45, 2.75) is 6.18 Å². The molecule has 0 fully saturated rings. The SMILES string of the molecule is COc1cc(/C=C2\C(=O)Nc3cc(C(F)(F)F)ccc32)ccc1OCC(=O)O. The summed E-state index contributed by atoms with van der Waals surface area (Å²) in [5, 5.41) is 11.1. The summed E-state index contributed by atoms with van der Waals surface area (Å²) in [5.41, 5.74) is 0.305. The minimum atomic E-state index is -4.51. The maximum Gasteiger partial charge on any atom is 0.416 e. The minimum absolute atomic E-state index is 0.0828. The van der Waals surface area contributed by atoms with Gasteiger partial charge in [-0.2, -0.15) is 13.2 Å². The van der Waals surface area contributed by atoms with Crippen molar-refractivity contribution in [1.29, 1.82) is 0 Å². The van der Waals surface area contributed by atoms with E-state index in [-0.39, 0.29) is 22.8 Å². The van der Waals surface area contributed by atoms with Crippen molar-refractivity contribution in [3.63, 3.8) is 0 Å². The average molecular weight is 393 g/mol. The molecule has 1 heterocycles. The molecule has 0 radical (unpaired) electrons. The second-order valence-corrected chi connectivity index (χ2v) is 5.86. The average Bonchev–Trinajstić information content (AvgIpc) is 2.94. The molecule has 2 aromatic carbocycles. The number of alkyl halides is 3. The fourth-order valence-corrected chi connectivity index (χ4v) is 2.71. The Morgan fingerprint density at radius 1 is 1.18 bits per heavy atom. The summed E-state index contributed by atoms with van der Waals surface area (Å²) in [7, 11) is 1.37. The van der Waals surface area contributed by atoms with Gasteiger partial charge in [0.25, 0.3) is 5.91 Å². The third kappa shape index (κ3) is 3.93. The summed E-state index contributed by atoms with van der Waals surface area (Å²) in [4.78, 5) is 22.8. The highest BCUT2D eigenvalue weighted by molar-refractivity contribution is 6.34. The number of amides is 1. The van der Waals surface area contributed by atoms with Gasteiger partial charge in [-0.1, -0.05) is 12.1 Å². The lowest BCUT2D eigenvalue weighted by molar-refractivity contribution is -0.139. The molecule has 0 saturated heterocycles. The molecule has 6 nitrogen and oxygen atoms in total. The molecule has 146 valence electrons. The van der Waals surface area contributed by atoms with Crippen LogP contribution in [0.4, 0.5) is 18.9 Å². The van der Waals surface area contributed by atoms with Crippen LogP contribution >= 0.6 is 0 Å². The Hall–Kier alpha value is -3.49. The third-order valence-corrected chi connectivity index (χ3v) is 3.98. The van der Waals surface area contributed by atoms with E-state index >= 15 is 0 Å². The van der Waals surface area contributed by atoms with Crippen molar-refractivity contribution in [3.05, 3.63) is 53.1 Å². The number of anilines is 1. The predicted octanol–water partition coefficient (Wildman–Crippen LogP) is 3.67. The molecule has 1 aliphatic rings. The standard InChI is InChI=1S/C19H14F3NO5/c1-27-16-7-10(2-5-15(16)28-9-17(24)25)6-13-12-4-3-11(19(20,21)22)8-14(12)23-18(13)26/h2-8H,9H2,1H3,(H,23,26)(H,24,25)/b13-6-. The third-order valence-electron chi connectivity index (χ3n) is 3.98. The van der Waals surface area contributed by atoms with Crippen molar-refractivity contribution in [1.82, 2.24) is 0 Å². The summed E-state index contributed by atoms with van der Waals surface area (Å²) in [6.45, 7) is -0.548. The number of carboxylic acid groups (broad SMARTS) is 1. The first-order chi connectivity index (χ1) is 13.2. The molecule has 0 spiro atoms. The second kappa shape index (κ2) is 7.26. The molecule has 0 unspecified atom stereocenters. The number of carbonyl (C=O) groups is 2. The minimum Gasteiger partial charge on any atom is -0.493 e. The van der Waals surface area contributed by atoms with Gasteiger partial charge >= 0.3 is 12.1 Å². The second-order valence-electron chi connectivity index (χ2n) is 5.86. The number of carbonyl (C=O) groups excluding carboxylic acids is 1. The van der Waals surface area contributed by atoms with Gasteiger partial charge in [-0.05, 0) is 35.9 Å². The molecule has 0 saturated carbocycles. The number of fused-ring (bicyclic) bond motifs is 1. The van der Waals surface area contributed by atoms with E-state index in [0.29, 0.717) is 11.1 Å². The van der Waals surface area contributed by atoms with Gasteiger partial charge in [0.2, 0.25) is 0 Å². The highest BCUT2D eigenvalue weighted by Gasteiger charge is 2.33. The van der Waals surface area contributed by atoms with Crippen LogP contribution in [0, 0.1) is 0 Å². The van der Waals surface area contributed by atoms with Crippen molar-refractivity contribution >= 4 is 29.2 Å². The quantitative estimate of drug-likeness (QED) is 0.758. The number of aliphatic carboxylic acids is 1. The van der Waals surface area contributed by atoms with E-state index in [2.05, 4.69) is 5.32 Å². The fraction of sp³-hybridized carbons (Fsp3) is 0.158. The number of ether oxygens (including phenoxy) is 2. The van der Waals surface area contributed by atoms with Gasteiger partial charge in [0.05, 0.1) is 12.7 Å². The Morgan fingerprint density at radius 3 is 2.57 bits per heavy atom. The smallest absolute Gasteiger partial charge is 0.416 e. The van der Waals surface area contributed by atoms with E-state index in [4.69, 9.17) is 14.6 Å². The lowest BCUT2D eigenvalue weighted by Gasteiger charge is -2.10. The molecule has 0 bridgehead atoms. The summed E-state index contributed by atoms with van der Waals surface area (Å²) in [5.74, 6) is -1.22. The van der Waals surface area contributed by atoms with E-state index in [9.17, 15) is 22.8 Å². The van der Waals surface area contributed by atoms with Crippen LogP contribution in [0.1, 0.15) is 16.7 Å². The fourth-order valence-electron chi connectivity index (χ4n) is 2.71. The lowest BCUT2D eigenvalue weighted by atomic mass is 10.0. The van der Waals surface area contributed by atoms with E-state index < -0.39 is 30.2 Å². The molecule has 28 heavy (non-hydrogen) atoms. The molecule has 1 amide bonds. The van der Waals surface area contributed by atoms with Crippen LogP contribution in [0.15, 0.2) is 36.4 Å². The zero-order chi connectivity index (χ0) is 20.5. The number of halogens is 3. The molecular formula is C19H14F3NO5. The number of methoxy groups -OCH3 is 1. The molecule has 9 heteroatoms. The molecule has 2 N–H and O–H groups in total. The lowest BCUT2D eigenvalue weighted by Crippen LogP contribution is -2.10. The first-order valence-corrected chi connectivity index (χ1v) is 7.96. The van der Waals surface area contributed by atoms with Crippen LogP contribution in [0.25, 0.3) is 11.6 Å². The van der Waals surface area contributed by atoms with Crippen LogP contribution in [-0.2, 0) is 15.8 Å². The van der Waals surface area contributed by atoms with Crippen LogP contribution in [0.5, 0.6) is 11.5 Å². The molecular weight excluding hydrogens is 379 g/mol. The van der Waals surface area contributed by atoms with Gasteiger partial charge in [-0.3, -0.25) is 4.79 Å². The van der Waals surface area contributed by atoms with Crippen molar-refractivity contribution < 1.29 is 37.3 Å². The van der Waals surface area contributed by atoms with Gasteiger partial charge in [-0.15, -0.1) is 0 Å². The van der Waals surface area contributed by atoms with E-state index in [1.807, 2.05) is 0 Å². The van der Waals surface area contributed by atoms with Gasteiger partial charge in [0, 0.05) is 16.8 Å². The van der Waals surface area contributed by atoms with E-state index in [0.717, 1.165) is 12.1 Å². The summed E-state index contributed by atoms with van der Waals surface area (Å²) in [6, 6.07) is 7.62. The van der Waals surface area contributed by atoms with Crippen LogP contribution < -0.4 is 14.8 Å². The Kier molecular flexibility index (Phi) is 5.00. The Bertz CT molecular complexity index is 982. The maximum absolute atomic E-state index is 12.8. The first-order valence-electron chi connectivity index (χ1n) is 7.96. The first kappa shape index (κ1) is 19.3. The van der Waals surface area contributed by atoms with Gasteiger partial charge in [0.1, 0.15) is 0 Å². The maximum atomic E-state index is 12.8. The van der Waals surface area contributed by atoms with E-state index in [1.54, 1.807) is 6.07 Å². The topological polar surface area (TPSA) is 84.9 Å². The van der Waals surface area contributed by atoms with Crippen molar-refractivity contribution in [2.75, 3.05) is 19.0 Å². The highest BCUT2D eigenvalue weighted by atomic mass is 19.4. The summed E-state index contributed by atoms with van der Waals surface area (Å²) >= 11 is 0. The Morgan fingerprint density at radius 2 is 1.93 bits per heavy atom. The molecule has 0 atom stereocenters. The number of nitrogens with one attached hydrogen (secondary N) is 1. The van der Waals surface area contributed by atoms with Crippen molar-refractivity contribution in [3.8, 4) is 11.5 Å². The number of hydrogen-bond donors (Lipinski definition) is 2. The van der Waals surface area contributed by atoms with E-state index in [1.165, 1.54) is 31.4 Å². The van der Waals surface area contributed by atoms with Gasteiger partial charge in [0.15, 0.2) is 18.1 Å². The van der Waals surface area contributed by atoms with Gasteiger partial charge < -0.3 is 19.9 Å². The predicted molar refractivity (Wildman–Crippen MR) is 94.1 cm³/mol. The number of carboxylic acids is 1. The zero-order valence-electron chi connectivity index (χ0n) is 14.5. The highest BCUT2D eigenvalue weighted by Crippen LogP contribution is 2.39. The summed E-state index contributed by atoms with van der Waals surface area (Å²) < 4.78 is 48.8. The van der Waals surface area contributed by atoms with Crippen LogP contribution in [0.3, 0.4) is 0 Å². The number of rotatable bonds is 5.